The molecule has 0 spiro atoms. The summed E-state index contributed by atoms with van der Waals surface area (Å²) >= 11 is 0. The lowest BCUT2D eigenvalue weighted by Gasteiger charge is -2.10. The van der Waals surface area contributed by atoms with Crippen LogP contribution in [0.4, 0.5) is 5.82 Å². The molecule has 0 saturated heterocycles. The second-order valence-electron chi connectivity index (χ2n) is 5.26. The zero-order chi connectivity index (χ0) is 13.0. The summed E-state index contributed by atoms with van der Waals surface area (Å²) in [5.74, 6) is 1.80. The van der Waals surface area contributed by atoms with Crippen molar-refractivity contribution in [3.8, 4) is 6.07 Å². The number of nitrogens with one attached hydrogen (secondary N) is 1. The molecule has 1 fully saturated rings. The number of hydrogen-bond donors (Lipinski definition) is 1. The summed E-state index contributed by atoms with van der Waals surface area (Å²) in [5, 5.41) is 16.7. The fourth-order valence-corrected chi connectivity index (χ4v) is 2.89. The number of nitriles is 1. The first-order chi connectivity index (χ1) is 8.72. The van der Waals surface area contributed by atoms with Crippen LogP contribution in [0.5, 0.6) is 0 Å². The summed E-state index contributed by atoms with van der Waals surface area (Å²) in [4.78, 5) is 0. The Kier molecular flexibility index (Phi) is 4.24. The van der Waals surface area contributed by atoms with E-state index in [9.17, 15) is 0 Å². The number of aromatic nitrogens is 2. The molecule has 4 nitrogen and oxygen atoms in total. The fraction of sp³-hybridized carbons (Fsp3) is 0.714. The lowest BCUT2D eigenvalue weighted by molar-refractivity contribution is 0.491. The van der Waals surface area contributed by atoms with Crippen LogP contribution >= 0.6 is 0 Å². The maximum Gasteiger partial charge on any atom is 0.142 e. The van der Waals surface area contributed by atoms with Crippen LogP contribution < -0.4 is 5.32 Å². The SMILES string of the molecule is Cc1nn(C)c(NCCCC2CCCC2)c1C#N. The van der Waals surface area contributed by atoms with Gasteiger partial charge in [0.25, 0.3) is 0 Å². The van der Waals surface area contributed by atoms with Gasteiger partial charge in [0.1, 0.15) is 17.5 Å². The Labute approximate surface area is 109 Å². The predicted octanol–water partition coefficient (Wildman–Crippen LogP) is 2.98. The monoisotopic (exact) mass is 246 g/mol. The van der Waals surface area contributed by atoms with Crippen molar-refractivity contribution >= 4 is 5.82 Å². The molecule has 0 atom stereocenters. The molecule has 1 heterocycles. The zero-order valence-corrected chi connectivity index (χ0v) is 11.4. The predicted molar refractivity (Wildman–Crippen MR) is 72.3 cm³/mol. The summed E-state index contributed by atoms with van der Waals surface area (Å²) in [5.41, 5.74) is 1.48. The van der Waals surface area contributed by atoms with E-state index in [4.69, 9.17) is 5.26 Å². The van der Waals surface area contributed by atoms with Crippen LogP contribution in [0.15, 0.2) is 0 Å². The van der Waals surface area contributed by atoms with Gasteiger partial charge in [-0.25, -0.2) is 0 Å². The van der Waals surface area contributed by atoms with Crippen molar-refractivity contribution in [3.63, 3.8) is 0 Å². The first-order valence-electron chi connectivity index (χ1n) is 6.90. The summed E-state index contributed by atoms with van der Waals surface area (Å²) in [6.07, 6.45) is 8.14. The van der Waals surface area contributed by atoms with Gasteiger partial charge in [0.2, 0.25) is 0 Å². The van der Waals surface area contributed by atoms with Gasteiger partial charge in [-0.3, -0.25) is 4.68 Å². The molecule has 0 aliphatic heterocycles. The molecule has 1 aliphatic rings. The van der Waals surface area contributed by atoms with Crippen molar-refractivity contribution in [3.05, 3.63) is 11.3 Å². The number of aryl methyl sites for hydroxylation is 2. The molecule has 1 N–H and O–H groups in total. The molecular weight excluding hydrogens is 224 g/mol. The minimum absolute atomic E-state index is 0.679. The minimum atomic E-state index is 0.679. The second kappa shape index (κ2) is 5.90. The van der Waals surface area contributed by atoms with Gasteiger partial charge in [0, 0.05) is 13.6 Å². The molecule has 1 aromatic heterocycles. The topological polar surface area (TPSA) is 53.6 Å². The van der Waals surface area contributed by atoms with E-state index < -0.39 is 0 Å². The molecule has 98 valence electrons. The van der Waals surface area contributed by atoms with Gasteiger partial charge >= 0.3 is 0 Å². The van der Waals surface area contributed by atoms with Gasteiger partial charge in [-0.2, -0.15) is 10.4 Å². The van der Waals surface area contributed by atoms with E-state index in [1.807, 2.05) is 14.0 Å². The van der Waals surface area contributed by atoms with E-state index in [1.54, 1.807) is 4.68 Å². The van der Waals surface area contributed by atoms with E-state index >= 15 is 0 Å². The molecule has 18 heavy (non-hydrogen) atoms. The highest BCUT2D eigenvalue weighted by Crippen LogP contribution is 2.28. The Morgan fingerprint density at radius 2 is 2.17 bits per heavy atom. The molecule has 0 aromatic carbocycles. The van der Waals surface area contributed by atoms with Crippen LogP contribution in [0.1, 0.15) is 49.8 Å². The Bertz CT molecular complexity index is 435. The maximum absolute atomic E-state index is 9.10. The molecule has 2 rings (SSSR count). The highest BCUT2D eigenvalue weighted by atomic mass is 15.3. The van der Waals surface area contributed by atoms with Gasteiger partial charge in [0.05, 0.1) is 5.69 Å². The Morgan fingerprint density at radius 1 is 1.44 bits per heavy atom. The molecule has 1 aliphatic carbocycles. The fourth-order valence-electron chi connectivity index (χ4n) is 2.89. The summed E-state index contributed by atoms with van der Waals surface area (Å²) in [6, 6.07) is 2.22. The Morgan fingerprint density at radius 3 is 2.83 bits per heavy atom. The van der Waals surface area contributed by atoms with Crippen molar-refractivity contribution in [2.75, 3.05) is 11.9 Å². The van der Waals surface area contributed by atoms with Crippen molar-refractivity contribution < 1.29 is 0 Å². The highest BCUT2D eigenvalue weighted by Gasteiger charge is 2.15. The van der Waals surface area contributed by atoms with Crippen molar-refractivity contribution in [2.24, 2.45) is 13.0 Å². The molecule has 0 amide bonds. The molecule has 0 bridgehead atoms. The molecule has 4 heteroatoms. The lowest BCUT2D eigenvalue weighted by Crippen LogP contribution is -2.08. The summed E-state index contributed by atoms with van der Waals surface area (Å²) in [7, 11) is 1.88. The number of rotatable bonds is 5. The van der Waals surface area contributed by atoms with Crippen molar-refractivity contribution in [1.29, 1.82) is 5.26 Å². The number of nitrogens with zero attached hydrogens (tertiary/aromatic N) is 3. The summed E-state index contributed by atoms with van der Waals surface area (Å²) in [6.45, 7) is 2.81. The van der Waals surface area contributed by atoms with Crippen LogP contribution in [0.3, 0.4) is 0 Å². The summed E-state index contributed by atoms with van der Waals surface area (Å²) < 4.78 is 1.77. The first kappa shape index (κ1) is 12.9. The number of hydrogen-bond acceptors (Lipinski definition) is 3. The average Bonchev–Trinajstić information content (AvgIpc) is 2.93. The smallest absolute Gasteiger partial charge is 0.142 e. The quantitative estimate of drug-likeness (QED) is 0.813. The molecular formula is C14H22N4. The molecule has 1 saturated carbocycles. The van der Waals surface area contributed by atoms with E-state index in [-0.39, 0.29) is 0 Å². The normalized spacial score (nSPS) is 15.8. The lowest BCUT2D eigenvalue weighted by atomic mass is 10.0. The average molecular weight is 246 g/mol. The van der Waals surface area contributed by atoms with E-state index in [1.165, 1.54) is 38.5 Å². The molecule has 1 aromatic rings. The second-order valence-corrected chi connectivity index (χ2v) is 5.26. The number of anilines is 1. The zero-order valence-electron chi connectivity index (χ0n) is 11.4. The van der Waals surface area contributed by atoms with Crippen LogP contribution in [0.25, 0.3) is 0 Å². The Hall–Kier alpha value is -1.50. The van der Waals surface area contributed by atoms with Crippen LogP contribution in [-0.4, -0.2) is 16.3 Å². The van der Waals surface area contributed by atoms with Gasteiger partial charge in [-0.1, -0.05) is 25.7 Å². The van der Waals surface area contributed by atoms with Crippen LogP contribution in [0.2, 0.25) is 0 Å². The highest BCUT2D eigenvalue weighted by molar-refractivity contribution is 5.54. The standard InChI is InChI=1S/C14H22N4/c1-11-13(10-15)14(18(2)17-11)16-9-5-8-12-6-3-4-7-12/h12,16H,3-9H2,1-2H3. The third-order valence-electron chi connectivity index (χ3n) is 3.89. The van der Waals surface area contributed by atoms with Crippen molar-refractivity contribution in [1.82, 2.24) is 9.78 Å². The van der Waals surface area contributed by atoms with Crippen LogP contribution in [-0.2, 0) is 7.05 Å². The van der Waals surface area contributed by atoms with Crippen LogP contribution in [0, 0.1) is 24.2 Å². The first-order valence-corrected chi connectivity index (χ1v) is 6.90. The van der Waals surface area contributed by atoms with Gasteiger partial charge in [-0.05, 0) is 25.7 Å². The molecule has 0 unspecified atom stereocenters. The third-order valence-corrected chi connectivity index (χ3v) is 3.89. The largest absolute Gasteiger partial charge is 0.369 e. The van der Waals surface area contributed by atoms with Gasteiger partial charge < -0.3 is 5.32 Å². The van der Waals surface area contributed by atoms with Crippen molar-refractivity contribution in [2.45, 2.75) is 45.4 Å². The molecule has 0 radical (unpaired) electrons. The van der Waals surface area contributed by atoms with E-state index in [0.29, 0.717) is 5.56 Å². The van der Waals surface area contributed by atoms with Gasteiger partial charge in [0.15, 0.2) is 0 Å². The maximum atomic E-state index is 9.10. The van der Waals surface area contributed by atoms with Gasteiger partial charge in [-0.15, -0.1) is 0 Å². The third kappa shape index (κ3) is 2.84. The van der Waals surface area contributed by atoms with E-state index in [0.717, 1.165) is 24.0 Å². The van der Waals surface area contributed by atoms with E-state index in [2.05, 4.69) is 16.5 Å². The Balaban J connectivity index is 1.81. The minimum Gasteiger partial charge on any atom is -0.369 e.